The van der Waals surface area contributed by atoms with Gasteiger partial charge in [0, 0.05) is 18.0 Å². The van der Waals surface area contributed by atoms with Crippen molar-refractivity contribution in [3.63, 3.8) is 0 Å². The van der Waals surface area contributed by atoms with Crippen LogP contribution in [0.15, 0.2) is 29.0 Å². The van der Waals surface area contributed by atoms with Gasteiger partial charge in [-0.2, -0.15) is 0 Å². The number of hydrogen-bond acceptors (Lipinski definition) is 4. The minimum absolute atomic E-state index is 0.362. The second-order valence-electron chi connectivity index (χ2n) is 3.68. The highest BCUT2D eigenvalue weighted by molar-refractivity contribution is 9.10. The number of rotatable bonds is 1. The molecule has 0 fully saturated rings. The van der Waals surface area contributed by atoms with E-state index >= 15 is 0 Å². The summed E-state index contributed by atoms with van der Waals surface area (Å²) in [7, 11) is 0. The fourth-order valence-electron chi connectivity index (χ4n) is 1.76. The van der Waals surface area contributed by atoms with Gasteiger partial charge in [-0.05, 0) is 28.1 Å². The number of nitrogens with zero attached hydrogens (tertiary/aromatic N) is 2. The van der Waals surface area contributed by atoms with Crippen molar-refractivity contribution >= 4 is 27.5 Å². The van der Waals surface area contributed by atoms with Gasteiger partial charge in [-0.15, -0.1) is 0 Å². The van der Waals surface area contributed by atoms with E-state index in [0.717, 1.165) is 10.0 Å². The van der Waals surface area contributed by atoms with Crippen molar-refractivity contribution in [1.29, 1.82) is 0 Å². The van der Waals surface area contributed by atoms with Crippen molar-refractivity contribution in [1.82, 2.24) is 9.97 Å². The molecule has 0 unspecified atom stereocenters. The van der Waals surface area contributed by atoms with Crippen molar-refractivity contribution in [3.05, 3.63) is 34.2 Å². The first-order valence-electron chi connectivity index (χ1n) is 5.32. The molecule has 0 bridgehead atoms. The van der Waals surface area contributed by atoms with Crippen molar-refractivity contribution in [2.75, 3.05) is 13.2 Å². The third-order valence-electron chi connectivity index (χ3n) is 2.52. The maximum Gasteiger partial charge on any atom is 0.175 e. The van der Waals surface area contributed by atoms with Crippen LogP contribution in [0.3, 0.4) is 0 Å². The molecule has 0 radical (unpaired) electrons. The Hall–Kier alpha value is -1.33. The van der Waals surface area contributed by atoms with Gasteiger partial charge in [-0.25, -0.2) is 4.98 Å². The van der Waals surface area contributed by atoms with Crippen LogP contribution < -0.4 is 9.47 Å². The Kier molecular flexibility index (Phi) is 3.09. The van der Waals surface area contributed by atoms with E-state index in [0.29, 0.717) is 35.6 Å². The molecule has 0 saturated carbocycles. The van der Waals surface area contributed by atoms with Gasteiger partial charge in [-0.1, -0.05) is 11.6 Å². The summed E-state index contributed by atoms with van der Waals surface area (Å²) in [5.41, 5.74) is 1.46. The Morgan fingerprint density at radius 3 is 2.72 bits per heavy atom. The predicted octanol–water partition coefficient (Wildman–Crippen LogP) is 3.33. The highest BCUT2D eigenvalue weighted by Gasteiger charge is 2.18. The third-order valence-corrected chi connectivity index (χ3v) is 3.39. The van der Waals surface area contributed by atoms with Crippen molar-refractivity contribution in [3.8, 4) is 22.8 Å². The highest BCUT2D eigenvalue weighted by Crippen LogP contribution is 2.41. The predicted molar refractivity (Wildman–Crippen MR) is 71.2 cm³/mol. The minimum atomic E-state index is 0.362. The molecule has 6 heteroatoms. The first-order chi connectivity index (χ1) is 8.75. The molecular weight excluding hydrogens is 320 g/mol. The van der Waals surface area contributed by atoms with Crippen molar-refractivity contribution in [2.45, 2.75) is 0 Å². The summed E-state index contributed by atoms with van der Waals surface area (Å²) in [6.07, 6.45) is 3.16. The van der Waals surface area contributed by atoms with Gasteiger partial charge in [0.1, 0.15) is 18.9 Å². The van der Waals surface area contributed by atoms with Crippen LogP contribution in [0.2, 0.25) is 5.15 Å². The second-order valence-corrected chi connectivity index (χ2v) is 4.89. The quantitative estimate of drug-likeness (QED) is 0.806. The average molecular weight is 328 g/mol. The Labute approximate surface area is 117 Å². The van der Waals surface area contributed by atoms with E-state index < -0.39 is 0 Å². The third kappa shape index (κ3) is 2.04. The normalized spacial score (nSPS) is 13.4. The van der Waals surface area contributed by atoms with Gasteiger partial charge < -0.3 is 9.47 Å². The standard InChI is InChI=1S/C12H8BrClN2O2/c13-8-5-7(10-12(14)16-2-1-15-10)6-9-11(8)18-4-3-17-9/h1-2,5-6H,3-4H2. The molecule has 0 atom stereocenters. The number of benzene rings is 1. The number of ether oxygens (including phenoxy) is 2. The lowest BCUT2D eigenvalue weighted by Gasteiger charge is -2.20. The van der Waals surface area contributed by atoms with Crippen LogP contribution >= 0.6 is 27.5 Å². The molecule has 0 aliphatic carbocycles. The van der Waals surface area contributed by atoms with E-state index in [2.05, 4.69) is 25.9 Å². The highest BCUT2D eigenvalue weighted by atomic mass is 79.9. The van der Waals surface area contributed by atoms with Gasteiger partial charge >= 0.3 is 0 Å². The Balaban J connectivity index is 2.14. The SMILES string of the molecule is Clc1nccnc1-c1cc(Br)c2c(c1)OCCO2. The summed E-state index contributed by atoms with van der Waals surface area (Å²) >= 11 is 9.49. The molecule has 0 spiro atoms. The molecule has 0 saturated heterocycles. The van der Waals surface area contributed by atoms with E-state index in [1.807, 2.05) is 12.1 Å². The smallest absolute Gasteiger partial charge is 0.175 e. The fourth-order valence-corrected chi connectivity index (χ4v) is 2.53. The van der Waals surface area contributed by atoms with Gasteiger partial charge in [0.25, 0.3) is 0 Å². The van der Waals surface area contributed by atoms with Crippen LogP contribution in [-0.4, -0.2) is 23.2 Å². The zero-order valence-electron chi connectivity index (χ0n) is 9.19. The minimum Gasteiger partial charge on any atom is -0.486 e. The van der Waals surface area contributed by atoms with Crippen molar-refractivity contribution in [2.24, 2.45) is 0 Å². The molecule has 92 valence electrons. The lowest BCUT2D eigenvalue weighted by Crippen LogP contribution is -2.15. The van der Waals surface area contributed by atoms with E-state index in [1.54, 1.807) is 12.4 Å². The fraction of sp³-hybridized carbons (Fsp3) is 0.167. The molecular formula is C12H8BrClN2O2. The maximum atomic E-state index is 6.03. The zero-order chi connectivity index (χ0) is 12.5. The summed E-state index contributed by atoms with van der Waals surface area (Å²) in [6, 6.07) is 3.75. The summed E-state index contributed by atoms with van der Waals surface area (Å²) in [5.74, 6) is 1.40. The van der Waals surface area contributed by atoms with Crippen LogP contribution in [0.25, 0.3) is 11.3 Å². The molecule has 0 amide bonds. The monoisotopic (exact) mass is 326 g/mol. The number of aromatic nitrogens is 2. The summed E-state index contributed by atoms with van der Waals surface area (Å²) in [5, 5.41) is 0.362. The molecule has 18 heavy (non-hydrogen) atoms. The van der Waals surface area contributed by atoms with Crippen molar-refractivity contribution < 1.29 is 9.47 Å². The van der Waals surface area contributed by atoms with Crippen LogP contribution in [-0.2, 0) is 0 Å². The lowest BCUT2D eigenvalue weighted by molar-refractivity contribution is 0.170. The van der Waals surface area contributed by atoms with Crippen LogP contribution in [0.1, 0.15) is 0 Å². The second kappa shape index (κ2) is 4.74. The Morgan fingerprint density at radius 1 is 1.11 bits per heavy atom. The molecule has 0 N–H and O–H groups in total. The number of halogens is 2. The molecule has 1 aliphatic rings. The van der Waals surface area contributed by atoms with Gasteiger partial charge in [-0.3, -0.25) is 4.98 Å². The topological polar surface area (TPSA) is 44.2 Å². The first kappa shape index (κ1) is 11.7. The van der Waals surface area contributed by atoms with Gasteiger partial charge in [0.15, 0.2) is 16.7 Å². The van der Waals surface area contributed by atoms with E-state index in [-0.39, 0.29) is 0 Å². The molecule has 1 aromatic heterocycles. The van der Waals surface area contributed by atoms with E-state index in [4.69, 9.17) is 21.1 Å². The molecule has 1 aromatic carbocycles. The largest absolute Gasteiger partial charge is 0.486 e. The Morgan fingerprint density at radius 2 is 1.89 bits per heavy atom. The van der Waals surface area contributed by atoms with Gasteiger partial charge in [0.2, 0.25) is 0 Å². The molecule has 3 rings (SSSR count). The Bertz CT molecular complexity index is 607. The molecule has 1 aliphatic heterocycles. The summed E-state index contributed by atoms with van der Waals surface area (Å²) < 4.78 is 11.9. The van der Waals surface area contributed by atoms with Gasteiger partial charge in [0.05, 0.1) is 4.47 Å². The van der Waals surface area contributed by atoms with Crippen LogP contribution in [0.5, 0.6) is 11.5 Å². The zero-order valence-corrected chi connectivity index (χ0v) is 11.5. The molecule has 4 nitrogen and oxygen atoms in total. The lowest BCUT2D eigenvalue weighted by atomic mass is 10.1. The van der Waals surface area contributed by atoms with E-state index in [1.165, 1.54) is 0 Å². The average Bonchev–Trinajstić information content (AvgIpc) is 2.39. The van der Waals surface area contributed by atoms with Crippen LogP contribution in [0, 0.1) is 0 Å². The molecule has 2 heterocycles. The number of hydrogen-bond donors (Lipinski definition) is 0. The summed E-state index contributed by atoms with van der Waals surface area (Å²) in [4.78, 5) is 8.24. The first-order valence-corrected chi connectivity index (χ1v) is 6.49. The van der Waals surface area contributed by atoms with E-state index in [9.17, 15) is 0 Å². The maximum absolute atomic E-state index is 6.03. The summed E-state index contributed by atoms with van der Waals surface area (Å²) in [6.45, 7) is 1.09. The number of fused-ring (bicyclic) bond motifs is 1. The van der Waals surface area contributed by atoms with Crippen LogP contribution in [0.4, 0.5) is 0 Å². The molecule has 2 aromatic rings.